The number of aromatic nitrogens is 5. The molecule has 0 fully saturated rings. The number of nitrogens with zero attached hydrogens (tertiary/aromatic N) is 5. The lowest BCUT2D eigenvalue weighted by Crippen LogP contribution is -2.27. The fourth-order valence-electron chi connectivity index (χ4n) is 1.99. The second-order valence-electron chi connectivity index (χ2n) is 5.13. The van der Waals surface area contributed by atoms with E-state index in [9.17, 15) is 4.79 Å². The molecule has 0 atom stereocenters. The highest BCUT2D eigenvalue weighted by Crippen LogP contribution is 2.14. The Labute approximate surface area is 112 Å². The first-order valence-electron chi connectivity index (χ1n) is 6.46. The summed E-state index contributed by atoms with van der Waals surface area (Å²) in [5.74, 6) is 1.02. The van der Waals surface area contributed by atoms with Crippen molar-refractivity contribution in [2.75, 3.05) is 0 Å². The van der Waals surface area contributed by atoms with E-state index in [2.05, 4.69) is 15.3 Å². The lowest BCUT2D eigenvalue weighted by molar-refractivity contribution is 0.530. The molecule has 0 saturated heterocycles. The first kappa shape index (κ1) is 13.5. The van der Waals surface area contributed by atoms with Crippen molar-refractivity contribution in [1.29, 1.82) is 0 Å². The number of hydrogen-bond donors (Lipinski definition) is 0. The maximum absolute atomic E-state index is 12.4. The molecule has 6 nitrogen and oxygen atoms in total. The summed E-state index contributed by atoms with van der Waals surface area (Å²) >= 11 is 0. The van der Waals surface area contributed by atoms with Crippen LogP contribution in [-0.2, 0) is 6.54 Å². The van der Waals surface area contributed by atoms with Crippen LogP contribution in [0.2, 0.25) is 0 Å². The molecule has 19 heavy (non-hydrogen) atoms. The van der Waals surface area contributed by atoms with Crippen molar-refractivity contribution >= 4 is 0 Å². The lowest BCUT2D eigenvalue weighted by atomic mass is 10.2. The predicted molar refractivity (Wildman–Crippen MR) is 72.1 cm³/mol. The van der Waals surface area contributed by atoms with Crippen molar-refractivity contribution in [3.8, 4) is 0 Å². The van der Waals surface area contributed by atoms with Gasteiger partial charge in [0.25, 0.3) is 0 Å². The van der Waals surface area contributed by atoms with Gasteiger partial charge in [-0.3, -0.25) is 4.57 Å². The molecular weight excluding hydrogens is 242 g/mol. The molecule has 6 heteroatoms. The standard InChI is InChI=1S/C13H19N5O/c1-9(2)12-16-17(13(19)18(12)10(3)4)8-11-6-5-7-14-15-11/h5-7,9-10H,8H2,1-4H3. The Morgan fingerprint density at radius 1 is 1.26 bits per heavy atom. The minimum atomic E-state index is -0.0932. The molecule has 0 bridgehead atoms. The third-order valence-corrected chi connectivity index (χ3v) is 2.87. The van der Waals surface area contributed by atoms with Crippen LogP contribution in [0.5, 0.6) is 0 Å². The van der Waals surface area contributed by atoms with E-state index in [1.54, 1.807) is 16.8 Å². The summed E-state index contributed by atoms with van der Waals surface area (Å²) in [6, 6.07) is 3.74. The molecule has 0 aromatic carbocycles. The summed E-state index contributed by atoms with van der Waals surface area (Å²) < 4.78 is 3.19. The van der Waals surface area contributed by atoms with Crippen LogP contribution in [0.1, 0.15) is 51.2 Å². The Bertz CT molecular complexity index is 597. The van der Waals surface area contributed by atoms with Crippen LogP contribution in [0.15, 0.2) is 23.1 Å². The predicted octanol–water partition coefficient (Wildman–Crippen LogP) is 1.59. The van der Waals surface area contributed by atoms with Crippen molar-refractivity contribution in [2.45, 2.75) is 46.2 Å². The molecule has 102 valence electrons. The number of rotatable bonds is 4. The molecule has 0 amide bonds. The second kappa shape index (κ2) is 5.34. The van der Waals surface area contributed by atoms with Gasteiger partial charge in [-0.2, -0.15) is 15.3 Å². The fraction of sp³-hybridized carbons (Fsp3) is 0.538. The van der Waals surface area contributed by atoms with Gasteiger partial charge >= 0.3 is 5.69 Å². The highest BCUT2D eigenvalue weighted by Gasteiger charge is 2.18. The average Bonchev–Trinajstić information content (AvgIpc) is 2.68. The van der Waals surface area contributed by atoms with Gasteiger partial charge in [0.2, 0.25) is 0 Å². The summed E-state index contributed by atoms with van der Waals surface area (Å²) in [4.78, 5) is 12.4. The summed E-state index contributed by atoms with van der Waals surface area (Å²) in [5, 5.41) is 12.2. The highest BCUT2D eigenvalue weighted by atomic mass is 16.2. The Morgan fingerprint density at radius 3 is 2.47 bits per heavy atom. The van der Waals surface area contributed by atoms with Crippen LogP contribution >= 0.6 is 0 Å². The van der Waals surface area contributed by atoms with Crippen LogP contribution in [-0.4, -0.2) is 24.5 Å². The SMILES string of the molecule is CC(C)c1nn(Cc2cccnn2)c(=O)n1C(C)C. The van der Waals surface area contributed by atoms with Gasteiger partial charge in [0.05, 0.1) is 12.2 Å². The normalized spacial score (nSPS) is 11.5. The maximum atomic E-state index is 12.4. The molecule has 0 aliphatic carbocycles. The monoisotopic (exact) mass is 261 g/mol. The van der Waals surface area contributed by atoms with Crippen LogP contribution in [0.3, 0.4) is 0 Å². The molecule has 0 spiro atoms. The molecule has 0 saturated carbocycles. The van der Waals surface area contributed by atoms with E-state index in [1.165, 1.54) is 4.68 Å². The Hall–Kier alpha value is -1.98. The van der Waals surface area contributed by atoms with Gasteiger partial charge in [0, 0.05) is 18.2 Å². The van der Waals surface area contributed by atoms with Gasteiger partial charge < -0.3 is 0 Å². The number of hydrogen-bond acceptors (Lipinski definition) is 4. The quantitative estimate of drug-likeness (QED) is 0.838. The van der Waals surface area contributed by atoms with Gasteiger partial charge in [-0.15, -0.1) is 0 Å². The minimum absolute atomic E-state index is 0.0932. The first-order chi connectivity index (χ1) is 9.00. The molecular formula is C13H19N5O. The van der Waals surface area contributed by atoms with Crippen molar-refractivity contribution in [3.63, 3.8) is 0 Å². The summed E-state index contributed by atoms with van der Waals surface area (Å²) in [5.41, 5.74) is 0.637. The van der Waals surface area contributed by atoms with Gasteiger partial charge in [-0.25, -0.2) is 9.48 Å². The maximum Gasteiger partial charge on any atom is 0.346 e. The van der Waals surface area contributed by atoms with Gasteiger partial charge in [0.15, 0.2) is 0 Å². The summed E-state index contributed by atoms with van der Waals surface area (Å²) in [6.07, 6.45) is 1.61. The zero-order chi connectivity index (χ0) is 14.0. The molecule has 0 aliphatic heterocycles. The minimum Gasteiger partial charge on any atom is -0.276 e. The van der Waals surface area contributed by atoms with Gasteiger partial charge in [-0.1, -0.05) is 13.8 Å². The second-order valence-corrected chi connectivity index (χ2v) is 5.13. The molecule has 0 radical (unpaired) electrons. The van der Waals surface area contributed by atoms with Crippen molar-refractivity contribution < 1.29 is 0 Å². The topological polar surface area (TPSA) is 65.6 Å². The zero-order valence-corrected chi connectivity index (χ0v) is 11.7. The Balaban J connectivity index is 2.43. The fourth-order valence-corrected chi connectivity index (χ4v) is 1.99. The van der Waals surface area contributed by atoms with Crippen LogP contribution in [0.4, 0.5) is 0 Å². The van der Waals surface area contributed by atoms with Crippen molar-refractivity contribution in [3.05, 3.63) is 40.3 Å². The Morgan fingerprint density at radius 2 is 2.00 bits per heavy atom. The third-order valence-electron chi connectivity index (χ3n) is 2.87. The van der Waals surface area contributed by atoms with E-state index < -0.39 is 0 Å². The largest absolute Gasteiger partial charge is 0.346 e. The smallest absolute Gasteiger partial charge is 0.276 e. The van der Waals surface area contributed by atoms with E-state index >= 15 is 0 Å². The van der Waals surface area contributed by atoms with E-state index in [-0.39, 0.29) is 17.6 Å². The Kier molecular flexibility index (Phi) is 3.78. The van der Waals surface area contributed by atoms with Crippen molar-refractivity contribution in [1.82, 2.24) is 24.5 Å². The first-order valence-corrected chi connectivity index (χ1v) is 6.46. The van der Waals surface area contributed by atoms with E-state index in [1.807, 2.05) is 33.8 Å². The van der Waals surface area contributed by atoms with E-state index in [4.69, 9.17) is 0 Å². The van der Waals surface area contributed by atoms with Gasteiger partial charge in [-0.05, 0) is 26.0 Å². The highest BCUT2D eigenvalue weighted by molar-refractivity contribution is 5.01. The molecule has 0 unspecified atom stereocenters. The molecule has 2 aromatic heterocycles. The zero-order valence-electron chi connectivity index (χ0n) is 11.7. The van der Waals surface area contributed by atoms with Crippen LogP contribution in [0, 0.1) is 0 Å². The van der Waals surface area contributed by atoms with Gasteiger partial charge in [0.1, 0.15) is 5.82 Å². The van der Waals surface area contributed by atoms with E-state index in [0.717, 1.165) is 11.5 Å². The molecule has 2 aromatic rings. The summed E-state index contributed by atoms with van der Waals surface area (Å²) in [6.45, 7) is 8.40. The van der Waals surface area contributed by atoms with Crippen LogP contribution in [0.25, 0.3) is 0 Å². The van der Waals surface area contributed by atoms with E-state index in [0.29, 0.717) is 6.54 Å². The third kappa shape index (κ3) is 2.72. The molecule has 2 rings (SSSR count). The summed E-state index contributed by atoms with van der Waals surface area (Å²) in [7, 11) is 0. The molecule has 0 aliphatic rings. The van der Waals surface area contributed by atoms with Crippen LogP contribution < -0.4 is 5.69 Å². The van der Waals surface area contributed by atoms with Crippen molar-refractivity contribution in [2.24, 2.45) is 0 Å². The average molecular weight is 261 g/mol. The molecule has 0 N–H and O–H groups in total. The lowest BCUT2D eigenvalue weighted by Gasteiger charge is -2.10. The molecule has 2 heterocycles.